The van der Waals surface area contributed by atoms with Crippen molar-refractivity contribution in [2.75, 3.05) is 6.54 Å². The zero-order valence-corrected chi connectivity index (χ0v) is 10.5. The Bertz CT molecular complexity index is 506. The highest BCUT2D eigenvalue weighted by Gasteiger charge is 2.37. The second-order valence-corrected chi connectivity index (χ2v) is 5.39. The van der Waals surface area contributed by atoms with E-state index in [1.165, 1.54) is 6.07 Å². The van der Waals surface area contributed by atoms with Crippen molar-refractivity contribution in [2.45, 2.75) is 25.3 Å². The molecule has 1 aromatic rings. The minimum atomic E-state index is -0.755. The number of benzene rings is 1. The number of carbonyl (C=O) groups excluding carboxylic acids is 1. The smallest absolute Gasteiger partial charge is 0.168 e. The number of halogens is 2. The summed E-state index contributed by atoms with van der Waals surface area (Å²) in [6, 6.07) is 3.59. The van der Waals surface area contributed by atoms with Crippen LogP contribution in [0.15, 0.2) is 18.2 Å². The van der Waals surface area contributed by atoms with Crippen LogP contribution in [0.3, 0.4) is 0 Å². The molecule has 5 heteroatoms. The third-order valence-corrected chi connectivity index (χ3v) is 4.20. The fourth-order valence-corrected chi connectivity index (χ4v) is 3.15. The van der Waals surface area contributed by atoms with Gasteiger partial charge >= 0.3 is 0 Å². The molecule has 1 aromatic carbocycles. The molecule has 19 heavy (non-hydrogen) atoms. The van der Waals surface area contributed by atoms with Gasteiger partial charge in [0.1, 0.15) is 11.6 Å². The molecule has 1 heterocycles. The van der Waals surface area contributed by atoms with Crippen molar-refractivity contribution in [3.63, 3.8) is 0 Å². The number of hydrogen-bond acceptors (Lipinski definition) is 3. The summed E-state index contributed by atoms with van der Waals surface area (Å²) in [4.78, 5) is 12.3. The summed E-state index contributed by atoms with van der Waals surface area (Å²) < 4.78 is 26.5. The fourth-order valence-electron chi connectivity index (χ4n) is 3.15. The first-order chi connectivity index (χ1) is 9.15. The van der Waals surface area contributed by atoms with Gasteiger partial charge in [0.05, 0.1) is 5.56 Å². The summed E-state index contributed by atoms with van der Waals surface area (Å²) in [5, 5.41) is 0. The average Bonchev–Trinajstić information content (AvgIpc) is 2.85. The standard InChI is InChI=1S/C14H16F2N2O/c15-10-2-3-11(12(16)6-10)14(19)8-1-4-13-9(5-8)7-17-18-13/h2-3,6,8-9,13,17-18H,1,4-5,7H2. The van der Waals surface area contributed by atoms with Crippen LogP contribution < -0.4 is 10.9 Å². The molecule has 0 radical (unpaired) electrons. The van der Waals surface area contributed by atoms with Crippen LogP contribution in [0.4, 0.5) is 8.78 Å². The zero-order valence-electron chi connectivity index (χ0n) is 10.5. The monoisotopic (exact) mass is 266 g/mol. The summed E-state index contributed by atoms with van der Waals surface area (Å²) >= 11 is 0. The van der Waals surface area contributed by atoms with Gasteiger partial charge in [-0.05, 0) is 37.3 Å². The maximum Gasteiger partial charge on any atom is 0.168 e. The van der Waals surface area contributed by atoms with Gasteiger partial charge in [-0.15, -0.1) is 0 Å². The van der Waals surface area contributed by atoms with E-state index in [4.69, 9.17) is 0 Å². The Morgan fingerprint density at radius 2 is 2.11 bits per heavy atom. The Morgan fingerprint density at radius 3 is 2.89 bits per heavy atom. The van der Waals surface area contributed by atoms with Crippen LogP contribution in [0.5, 0.6) is 0 Å². The summed E-state index contributed by atoms with van der Waals surface area (Å²) in [5.41, 5.74) is 6.31. The molecular formula is C14H16F2N2O. The highest BCUT2D eigenvalue weighted by atomic mass is 19.1. The Hall–Kier alpha value is -1.33. The topological polar surface area (TPSA) is 41.1 Å². The van der Waals surface area contributed by atoms with Crippen LogP contribution in [-0.2, 0) is 0 Å². The molecule has 0 aromatic heterocycles. The zero-order chi connectivity index (χ0) is 13.4. The van der Waals surface area contributed by atoms with Gasteiger partial charge in [-0.2, -0.15) is 0 Å². The highest BCUT2D eigenvalue weighted by Crippen LogP contribution is 2.33. The van der Waals surface area contributed by atoms with Crippen molar-refractivity contribution >= 4 is 5.78 Å². The number of fused-ring (bicyclic) bond motifs is 1. The first kappa shape index (κ1) is 12.7. The number of rotatable bonds is 2. The van der Waals surface area contributed by atoms with Gasteiger partial charge < -0.3 is 0 Å². The lowest BCUT2D eigenvalue weighted by Crippen LogP contribution is -2.37. The van der Waals surface area contributed by atoms with Gasteiger partial charge in [0, 0.05) is 24.6 Å². The van der Waals surface area contributed by atoms with E-state index in [2.05, 4.69) is 10.9 Å². The van der Waals surface area contributed by atoms with Crippen molar-refractivity contribution in [3.8, 4) is 0 Å². The molecule has 3 nitrogen and oxygen atoms in total. The second-order valence-electron chi connectivity index (χ2n) is 5.39. The third kappa shape index (κ3) is 2.40. The predicted molar refractivity (Wildman–Crippen MR) is 66.4 cm³/mol. The number of nitrogens with one attached hydrogen (secondary N) is 2. The Morgan fingerprint density at radius 1 is 1.26 bits per heavy atom. The molecule has 1 saturated carbocycles. The summed E-state index contributed by atoms with van der Waals surface area (Å²) in [7, 11) is 0. The van der Waals surface area contributed by atoms with E-state index in [-0.39, 0.29) is 17.3 Å². The molecule has 1 aliphatic carbocycles. The van der Waals surface area contributed by atoms with E-state index in [9.17, 15) is 13.6 Å². The molecule has 2 N–H and O–H groups in total. The minimum Gasteiger partial charge on any atom is -0.294 e. The fraction of sp³-hybridized carbons (Fsp3) is 0.500. The molecule has 0 amide bonds. The van der Waals surface area contributed by atoms with E-state index in [1.54, 1.807) is 0 Å². The van der Waals surface area contributed by atoms with Crippen LogP contribution in [0.2, 0.25) is 0 Å². The van der Waals surface area contributed by atoms with Gasteiger partial charge in [-0.25, -0.2) is 8.78 Å². The number of hydrazine groups is 1. The molecule has 0 bridgehead atoms. The average molecular weight is 266 g/mol. The van der Waals surface area contributed by atoms with Crippen LogP contribution in [-0.4, -0.2) is 18.4 Å². The maximum atomic E-state index is 13.6. The van der Waals surface area contributed by atoms with Crippen molar-refractivity contribution < 1.29 is 13.6 Å². The SMILES string of the molecule is O=C(c1ccc(F)cc1F)C1CCC2NNCC2C1. The molecule has 3 unspecified atom stereocenters. The molecule has 1 saturated heterocycles. The number of carbonyl (C=O) groups is 1. The summed E-state index contributed by atoms with van der Waals surface area (Å²) in [6.45, 7) is 0.848. The van der Waals surface area contributed by atoms with Gasteiger partial charge in [0.2, 0.25) is 0 Å². The quantitative estimate of drug-likeness (QED) is 0.805. The van der Waals surface area contributed by atoms with Gasteiger partial charge in [0.25, 0.3) is 0 Å². The Labute approximate surface area is 110 Å². The molecule has 2 aliphatic rings. The lowest BCUT2D eigenvalue weighted by Gasteiger charge is -2.29. The first-order valence-corrected chi connectivity index (χ1v) is 6.63. The van der Waals surface area contributed by atoms with Gasteiger partial charge in [-0.1, -0.05) is 0 Å². The predicted octanol–water partition coefficient (Wildman–Crippen LogP) is 2.04. The molecule has 3 rings (SSSR count). The van der Waals surface area contributed by atoms with Crippen molar-refractivity contribution in [2.24, 2.45) is 11.8 Å². The van der Waals surface area contributed by atoms with Gasteiger partial charge in [-0.3, -0.25) is 15.6 Å². The van der Waals surface area contributed by atoms with Crippen LogP contribution in [0.25, 0.3) is 0 Å². The van der Waals surface area contributed by atoms with Crippen molar-refractivity contribution in [3.05, 3.63) is 35.4 Å². The van der Waals surface area contributed by atoms with E-state index >= 15 is 0 Å². The van der Waals surface area contributed by atoms with E-state index in [0.29, 0.717) is 12.0 Å². The summed E-state index contributed by atoms with van der Waals surface area (Å²) in [6.07, 6.45) is 2.43. The first-order valence-electron chi connectivity index (χ1n) is 6.63. The van der Waals surface area contributed by atoms with Crippen molar-refractivity contribution in [1.29, 1.82) is 0 Å². The lowest BCUT2D eigenvalue weighted by molar-refractivity contribution is 0.0856. The van der Waals surface area contributed by atoms with Crippen LogP contribution in [0, 0.1) is 23.5 Å². The minimum absolute atomic E-state index is 0.0174. The molecule has 1 aliphatic heterocycles. The Kier molecular flexibility index (Phi) is 3.33. The molecule has 2 fully saturated rings. The highest BCUT2D eigenvalue weighted by molar-refractivity contribution is 5.98. The van der Waals surface area contributed by atoms with Crippen molar-refractivity contribution in [1.82, 2.24) is 10.9 Å². The number of Topliss-reactive ketones (excluding diaryl/α,β-unsaturated/α-hetero) is 1. The van der Waals surface area contributed by atoms with E-state index in [0.717, 1.165) is 37.9 Å². The molecule has 0 spiro atoms. The van der Waals surface area contributed by atoms with Crippen LogP contribution >= 0.6 is 0 Å². The summed E-state index contributed by atoms with van der Waals surface area (Å²) in [5.74, 6) is -1.33. The van der Waals surface area contributed by atoms with E-state index in [1.807, 2.05) is 0 Å². The lowest BCUT2D eigenvalue weighted by atomic mass is 9.76. The maximum absolute atomic E-state index is 13.6. The Balaban J connectivity index is 1.76. The van der Waals surface area contributed by atoms with Crippen LogP contribution in [0.1, 0.15) is 29.6 Å². The largest absolute Gasteiger partial charge is 0.294 e. The van der Waals surface area contributed by atoms with Gasteiger partial charge in [0.15, 0.2) is 5.78 Å². The second kappa shape index (κ2) is 4.98. The number of hydrogen-bond donors (Lipinski definition) is 2. The number of ketones is 1. The normalized spacial score (nSPS) is 30.1. The molecular weight excluding hydrogens is 250 g/mol. The third-order valence-electron chi connectivity index (χ3n) is 4.20. The molecule has 102 valence electrons. The van der Waals surface area contributed by atoms with E-state index < -0.39 is 11.6 Å². The molecule has 3 atom stereocenters.